The second-order valence-corrected chi connectivity index (χ2v) is 8.29. The van der Waals surface area contributed by atoms with Crippen LogP contribution in [0.3, 0.4) is 0 Å². The summed E-state index contributed by atoms with van der Waals surface area (Å²) in [6.07, 6.45) is 1.68. The molecule has 2 heterocycles. The van der Waals surface area contributed by atoms with E-state index in [0.717, 1.165) is 29.9 Å². The average molecular weight is 375 g/mol. The molecular weight excluding hydrogens is 354 g/mol. The van der Waals surface area contributed by atoms with Gasteiger partial charge < -0.3 is 14.2 Å². The Kier molecular flexibility index (Phi) is 4.84. The molecule has 0 spiro atoms. The van der Waals surface area contributed by atoms with Crippen LogP contribution in [0.2, 0.25) is 0 Å². The molecule has 0 amide bonds. The summed E-state index contributed by atoms with van der Waals surface area (Å²) in [6.45, 7) is 2.00. The molecule has 0 N–H and O–H groups in total. The van der Waals surface area contributed by atoms with Crippen LogP contribution in [0.1, 0.15) is 11.1 Å². The van der Waals surface area contributed by atoms with Crippen LogP contribution < -0.4 is 9.47 Å². The Balaban J connectivity index is 1.41. The lowest BCUT2D eigenvalue weighted by Crippen LogP contribution is -2.40. The topological polar surface area (TPSA) is 65.1 Å². The summed E-state index contributed by atoms with van der Waals surface area (Å²) in [5.74, 6) is 1.57. The summed E-state index contributed by atoms with van der Waals surface area (Å²) in [7, 11) is -3.43. The van der Waals surface area contributed by atoms with E-state index in [0.29, 0.717) is 31.2 Å². The van der Waals surface area contributed by atoms with E-state index in [2.05, 4.69) is 0 Å². The third kappa shape index (κ3) is 3.56. The molecule has 2 aromatic carbocycles. The first-order valence-electron chi connectivity index (χ1n) is 8.68. The summed E-state index contributed by atoms with van der Waals surface area (Å²) in [6, 6.07) is 13.1. The summed E-state index contributed by atoms with van der Waals surface area (Å²) >= 11 is 0. The molecule has 1 saturated heterocycles. The van der Waals surface area contributed by atoms with E-state index < -0.39 is 10.0 Å². The van der Waals surface area contributed by atoms with Gasteiger partial charge in [0.1, 0.15) is 0 Å². The van der Waals surface area contributed by atoms with Crippen LogP contribution in [0.15, 0.2) is 47.4 Å². The highest BCUT2D eigenvalue weighted by atomic mass is 32.2. The molecule has 1 fully saturated rings. The second kappa shape index (κ2) is 7.26. The third-order valence-electron chi connectivity index (χ3n) is 4.67. The van der Waals surface area contributed by atoms with Crippen molar-refractivity contribution in [3.05, 3.63) is 53.6 Å². The van der Waals surface area contributed by atoms with Gasteiger partial charge in [0.2, 0.25) is 16.8 Å². The Morgan fingerprint density at radius 3 is 2.27 bits per heavy atom. The number of morpholine rings is 1. The number of ether oxygens (including phenoxy) is 3. The van der Waals surface area contributed by atoms with Gasteiger partial charge in [0.15, 0.2) is 11.5 Å². The largest absolute Gasteiger partial charge is 0.454 e. The molecule has 0 saturated carbocycles. The van der Waals surface area contributed by atoms with E-state index in [1.54, 1.807) is 12.1 Å². The SMILES string of the molecule is O=S(=O)(c1ccc(CCc2ccc3c(c2)OCO3)cc1)N1CCOCC1. The van der Waals surface area contributed by atoms with Crippen molar-refractivity contribution < 1.29 is 22.6 Å². The zero-order valence-corrected chi connectivity index (χ0v) is 15.2. The number of benzene rings is 2. The molecule has 0 unspecified atom stereocenters. The number of hydrogen-bond acceptors (Lipinski definition) is 5. The Morgan fingerprint density at radius 2 is 1.50 bits per heavy atom. The van der Waals surface area contributed by atoms with Gasteiger partial charge in [0, 0.05) is 13.1 Å². The molecular formula is C19H21NO5S. The maximum Gasteiger partial charge on any atom is 0.243 e. The van der Waals surface area contributed by atoms with E-state index in [-0.39, 0.29) is 6.79 Å². The van der Waals surface area contributed by atoms with E-state index >= 15 is 0 Å². The predicted molar refractivity (Wildman–Crippen MR) is 96.0 cm³/mol. The van der Waals surface area contributed by atoms with Gasteiger partial charge in [-0.15, -0.1) is 0 Å². The van der Waals surface area contributed by atoms with Crippen molar-refractivity contribution >= 4 is 10.0 Å². The normalized spacial score (nSPS) is 17.4. The second-order valence-electron chi connectivity index (χ2n) is 6.35. The summed E-state index contributed by atoms with van der Waals surface area (Å²) in [5.41, 5.74) is 2.27. The summed E-state index contributed by atoms with van der Waals surface area (Å²) in [5, 5.41) is 0. The molecule has 7 heteroatoms. The van der Waals surface area contributed by atoms with Gasteiger partial charge in [-0.05, 0) is 48.2 Å². The molecule has 0 bridgehead atoms. The van der Waals surface area contributed by atoms with E-state index in [1.165, 1.54) is 9.87 Å². The lowest BCUT2D eigenvalue weighted by atomic mass is 10.0. The molecule has 4 rings (SSSR count). The molecule has 0 aromatic heterocycles. The molecule has 0 radical (unpaired) electrons. The first kappa shape index (κ1) is 17.3. The Bertz CT molecular complexity index is 873. The average Bonchev–Trinajstić information content (AvgIpc) is 3.15. The number of fused-ring (bicyclic) bond motifs is 1. The number of aryl methyl sites for hydroxylation is 2. The third-order valence-corrected chi connectivity index (χ3v) is 6.58. The van der Waals surface area contributed by atoms with Crippen LogP contribution in [-0.2, 0) is 27.6 Å². The molecule has 26 heavy (non-hydrogen) atoms. The fourth-order valence-corrected chi connectivity index (χ4v) is 4.56. The maximum atomic E-state index is 12.6. The smallest absolute Gasteiger partial charge is 0.243 e. The summed E-state index contributed by atoms with van der Waals surface area (Å²) in [4.78, 5) is 0.339. The van der Waals surface area contributed by atoms with Crippen LogP contribution in [0.5, 0.6) is 11.5 Å². The predicted octanol–water partition coefficient (Wildman–Crippen LogP) is 2.22. The molecule has 0 atom stereocenters. The van der Waals surface area contributed by atoms with Gasteiger partial charge in [0.05, 0.1) is 18.1 Å². The van der Waals surface area contributed by atoms with Crippen molar-refractivity contribution in [2.45, 2.75) is 17.7 Å². The number of rotatable bonds is 5. The molecule has 0 aliphatic carbocycles. The maximum absolute atomic E-state index is 12.6. The summed E-state index contributed by atoms with van der Waals surface area (Å²) < 4.78 is 42.7. The zero-order chi connectivity index (χ0) is 18.0. The fraction of sp³-hybridized carbons (Fsp3) is 0.368. The number of hydrogen-bond donors (Lipinski definition) is 0. The van der Waals surface area contributed by atoms with Gasteiger partial charge >= 0.3 is 0 Å². The minimum absolute atomic E-state index is 0.276. The highest BCUT2D eigenvalue weighted by molar-refractivity contribution is 7.89. The number of sulfonamides is 1. The van der Waals surface area contributed by atoms with Crippen molar-refractivity contribution in [2.24, 2.45) is 0 Å². The first-order chi connectivity index (χ1) is 12.6. The highest BCUT2D eigenvalue weighted by Crippen LogP contribution is 2.32. The first-order valence-corrected chi connectivity index (χ1v) is 10.1. The van der Waals surface area contributed by atoms with Gasteiger partial charge in [-0.1, -0.05) is 18.2 Å². The zero-order valence-electron chi connectivity index (χ0n) is 14.4. The van der Waals surface area contributed by atoms with Crippen LogP contribution in [0.4, 0.5) is 0 Å². The van der Waals surface area contributed by atoms with Crippen LogP contribution in [0.25, 0.3) is 0 Å². The van der Waals surface area contributed by atoms with Crippen LogP contribution in [-0.4, -0.2) is 45.8 Å². The molecule has 2 aliphatic heterocycles. The van der Waals surface area contributed by atoms with Crippen molar-refractivity contribution in [1.82, 2.24) is 4.31 Å². The Hall–Kier alpha value is -2.09. The van der Waals surface area contributed by atoms with Crippen molar-refractivity contribution in [3.8, 4) is 11.5 Å². The Labute approximate surface area is 153 Å². The lowest BCUT2D eigenvalue weighted by Gasteiger charge is -2.26. The molecule has 6 nitrogen and oxygen atoms in total. The van der Waals surface area contributed by atoms with E-state index in [9.17, 15) is 8.42 Å². The van der Waals surface area contributed by atoms with Gasteiger partial charge in [0.25, 0.3) is 0 Å². The fourth-order valence-electron chi connectivity index (χ4n) is 3.15. The van der Waals surface area contributed by atoms with Gasteiger partial charge in [-0.3, -0.25) is 0 Å². The minimum atomic E-state index is -3.43. The minimum Gasteiger partial charge on any atom is -0.454 e. The Morgan fingerprint density at radius 1 is 0.846 bits per heavy atom. The van der Waals surface area contributed by atoms with Crippen molar-refractivity contribution in [3.63, 3.8) is 0 Å². The highest BCUT2D eigenvalue weighted by Gasteiger charge is 2.26. The van der Waals surface area contributed by atoms with Gasteiger partial charge in [-0.25, -0.2) is 8.42 Å². The molecule has 138 valence electrons. The monoisotopic (exact) mass is 375 g/mol. The van der Waals surface area contributed by atoms with Gasteiger partial charge in [-0.2, -0.15) is 4.31 Å². The standard InChI is InChI=1S/C19H21NO5S/c21-26(22,20-9-11-23-12-10-20)17-6-3-15(4-7-17)1-2-16-5-8-18-19(13-16)25-14-24-18/h3-8,13H,1-2,9-12,14H2. The van der Waals surface area contributed by atoms with E-state index in [1.807, 2.05) is 30.3 Å². The lowest BCUT2D eigenvalue weighted by molar-refractivity contribution is 0.0730. The van der Waals surface area contributed by atoms with Crippen LogP contribution in [0, 0.1) is 0 Å². The quantitative estimate of drug-likeness (QED) is 0.802. The molecule has 2 aliphatic rings. The molecule has 2 aromatic rings. The van der Waals surface area contributed by atoms with Crippen molar-refractivity contribution in [2.75, 3.05) is 33.1 Å². The number of nitrogens with zero attached hydrogens (tertiary/aromatic N) is 1. The van der Waals surface area contributed by atoms with Crippen LogP contribution >= 0.6 is 0 Å². The van der Waals surface area contributed by atoms with Crippen molar-refractivity contribution in [1.29, 1.82) is 0 Å². The van der Waals surface area contributed by atoms with E-state index in [4.69, 9.17) is 14.2 Å².